The highest BCUT2D eigenvalue weighted by Gasteiger charge is 2.24. The van der Waals surface area contributed by atoms with Crippen molar-refractivity contribution in [1.29, 1.82) is 0 Å². The molecule has 0 aromatic carbocycles. The van der Waals surface area contributed by atoms with Crippen LogP contribution >= 0.6 is 11.6 Å². The van der Waals surface area contributed by atoms with Crippen molar-refractivity contribution in [2.45, 2.75) is 33.2 Å². The Hall–Kier alpha value is -1.43. The molecule has 0 spiro atoms. The Morgan fingerprint density at radius 3 is 2.44 bits per heavy atom. The van der Waals surface area contributed by atoms with Crippen LogP contribution in [0.2, 0.25) is 5.15 Å². The first kappa shape index (κ1) is 11.1. The molecular formula is C9H13ClN6. The summed E-state index contributed by atoms with van der Waals surface area (Å²) < 4.78 is 1.80. The maximum Gasteiger partial charge on any atom is 0.182 e. The number of halogens is 1. The summed E-state index contributed by atoms with van der Waals surface area (Å²) in [5.41, 5.74) is 0.344. The second-order valence-corrected chi connectivity index (χ2v) is 4.89. The first-order valence-electron chi connectivity index (χ1n) is 4.90. The molecule has 0 bridgehead atoms. The third-order valence-electron chi connectivity index (χ3n) is 2.07. The van der Waals surface area contributed by atoms with Crippen LogP contribution in [0.25, 0.3) is 11.5 Å². The molecule has 0 aliphatic carbocycles. The minimum Gasteiger partial charge on any atom is -0.239 e. The molecule has 0 saturated heterocycles. The second-order valence-electron chi connectivity index (χ2n) is 4.53. The van der Waals surface area contributed by atoms with Crippen molar-refractivity contribution in [3.8, 4) is 11.5 Å². The van der Waals surface area contributed by atoms with Gasteiger partial charge >= 0.3 is 0 Å². The van der Waals surface area contributed by atoms with E-state index in [0.29, 0.717) is 22.5 Å². The summed E-state index contributed by atoms with van der Waals surface area (Å²) >= 11 is 5.92. The minimum atomic E-state index is -0.182. The molecule has 86 valence electrons. The number of aromatic nitrogens is 6. The molecule has 0 unspecified atom stereocenters. The molecule has 0 amide bonds. The Kier molecular flexibility index (Phi) is 2.46. The number of aryl methyl sites for hydroxylation is 1. The first-order valence-corrected chi connectivity index (χ1v) is 5.28. The topological polar surface area (TPSA) is 72.3 Å². The number of nitrogens with one attached hydrogen (secondary N) is 1. The Morgan fingerprint density at radius 2 is 1.94 bits per heavy atom. The lowest BCUT2D eigenvalue weighted by Crippen LogP contribution is -2.24. The smallest absolute Gasteiger partial charge is 0.182 e. The lowest BCUT2D eigenvalue weighted by molar-refractivity contribution is 0.357. The number of rotatable bonds is 1. The Labute approximate surface area is 98.0 Å². The van der Waals surface area contributed by atoms with E-state index in [4.69, 9.17) is 11.6 Å². The van der Waals surface area contributed by atoms with Crippen LogP contribution < -0.4 is 0 Å². The second kappa shape index (κ2) is 3.55. The van der Waals surface area contributed by atoms with Gasteiger partial charge in [-0.15, -0.1) is 5.10 Å². The van der Waals surface area contributed by atoms with Gasteiger partial charge in [-0.1, -0.05) is 11.6 Å². The maximum absolute atomic E-state index is 5.92. The van der Waals surface area contributed by atoms with Crippen LogP contribution in [-0.4, -0.2) is 30.2 Å². The SMILES string of the molecule is Cc1nc(-c2n[nH]nc2Cl)n(C(C)(C)C)n1. The fraction of sp³-hybridized carbons (Fsp3) is 0.556. The van der Waals surface area contributed by atoms with Gasteiger partial charge in [-0.05, 0) is 27.7 Å². The van der Waals surface area contributed by atoms with Gasteiger partial charge in [0.05, 0.1) is 5.54 Å². The van der Waals surface area contributed by atoms with Crippen LogP contribution in [0.1, 0.15) is 26.6 Å². The fourth-order valence-corrected chi connectivity index (χ4v) is 1.56. The summed E-state index contributed by atoms with van der Waals surface area (Å²) in [5, 5.41) is 14.9. The Morgan fingerprint density at radius 1 is 1.25 bits per heavy atom. The third-order valence-corrected chi connectivity index (χ3v) is 2.33. The van der Waals surface area contributed by atoms with E-state index < -0.39 is 0 Å². The number of hydrogen-bond acceptors (Lipinski definition) is 4. The summed E-state index contributed by atoms with van der Waals surface area (Å²) in [4.78, 5) is 4.33. The predicted octanol–water partition coefficient (Wildman–Crippen LogP) is 1.78. The molecule has 2 aromatic heterocycles. The highest BCUT2D eigenvalue weighted by molar-refractivity contribution is 6.31. The molecule has 6 nitrogen and oxygen atoms in total. The normalized spacial score (nSPS) is 12.1. The summed E-state index contributed by atoms with van der Waals surface area (Å²) in [7, 11) is 0. The molecule has 0 aliphatic heterocycles. The molecule has 16 heavy (non-hydrogen) atoms. The monoisotopic (exact) mass is 240 g/mol. The summed E-state index contributed by atoms with van der Waals surface area (Å²) in [6.07, 6.45) is 0. The van der Waals surface area contributed by atoms with Crippen molar-refractivity contribution in [3.63, 3.8) is 0 Å². The average Bonchev–Trinajstić information content (AvgIpc) is 2.70. The predicted molar refractivity (Wildman–Crippen MR) is 60.1 cm³/mol. The molecule has 0 fully saturated rings. The molecule has 0 aliphatic rings. The number of hydrogen-bond donors (Lipinski definition) is 1. The van der Waals surface area contributed by atoms with E-state index in [2.05, 4.69) is 25.5 Å². The van der Waals surface area contributed by atoms with Gasteiger partial charge in [0.25, 0.3) is 0 Å². The summed E-state index contributed by atoms with van der Waals surface area (Å²) in [6.45, 7) is 7.95. The van der Waals surface area contributed by atoms with Gasteiger partial charge < -0.3 is 0 Å². The molecule has 2 heterocycles. The first-order chi connectivity index (χ1) is 7.39. The van der Waals surface area contributed by atoms with Gasteiger partial charge in [0.15, 0.2) is 16.7 Å². The molecule has 0 radical (unpaired) electrons. The lowest BCUT2D eigenvalue weighted by Gasteiger charge is -2.20. The van der Waals surface area contributed by atoms with Crippen molar-refractivity contribution >= 4 is 11.6 Å². The molecular weight excluding hydrogens is 228 g/mol. The Balaban J connectivity index is 2.62. The van der Waals surface area contributed by atoms with Gasteiger partial charge in [0, 0.05) is 0 Å². The van der Waals surface area contributed by atoms with E-state index >= 15 is 0 Å². The maximum atomic E-state index is 5.92. The summed E-state index contributed by atoms with van der Waals surface area (Å²) in [5.74, 6) is 1.31. The van der Waals surface area contributed by atoms with E-state index in [1.54, 1.807) is 4.68 Å². The molecule has 0 saturated carbocycles. The highest BCUT2D eigenvalue weighted by atomic mass is 35.5. The molecule has 7 heteroatoms. The van der Waals surface area contributed by atoms with Crippen LogP contribution in [0.3, 0.4) is 0 Å². The Bertz CT molecular complexity index is 506. The molecule has 2 rings (SSSR count). The van der Waals surface area contributed by atoms with E-state index in [1.807, 2.05) is 27.7 Å². The zero-order valence-corrected chi connectivity index (χ0v) is 10.4. The lowest BCUT2D eigenvalue weighted by atomic mass is 10.1. The van der Waals surface area contributed by atoms with Crippen LogP contribution in [0.5, 0.6) is 0 Å². The zero-order chi connectivity index (χ0) is 11.9. The number of H-pyrrole nitrogens is 1. The zero-order valence-electron chi connectivity index (χ0n) is 9.61. The van der Waals surface area contributed by atoms with Gasteiger partial charge in [0.1, 0.15) is 5.82 Å². The molecule has 1 N–H and O–H groups in total. The molecule has 0 atom stereocenters. The largest absolute Gasteiger partial charge is 0.239 e. The quantitative estimate of drug-likeness (QED) is 0.825. The van der Waals surface area contributed by atoms with Crippen LogP contribution in [0.15, 0.2) is 0 Å². The standard InChI is InChI=1S/C9H13ClN6/c1-5-11-8(6-7(10)13-15-12-6)16(14-5)9(2,3)4/h1-4H3,(H,12,13,15). The van der Waals surface area contributed by atoms with E-state index in [9.17, 15) is 0 Å². The minimum absolute atomic E-state index is 0.182. The van der Waals surface area contributed by atoms with Crippen LogP contribution in [-0.2, 0) is 5.54 Å². The van der Waals surface area contributed by atoms with E-state index in [1.165, 1.54) is 0 Å². The van der Waals surface area contributed by atoms with Crippen LogP contribution in [0, 0.1) is 6.92 Å². The number of nitrogens with zero attached hydrogens (tertiary/aromatic N) is 5. The number of aromatic amines is 1. The van der Waals surface area contributed by atoms with Crippen LogP contribution in [0.4, 0.5) is 0 Å². The third kappa shape index (κ3) is 1.80. The van der Waals surface area contributed by atoms with Gasteiger partial charge in [-0.3, -0.25) is 0 Å². The molecule has 2 aromatic rings. The van der Waals surface area contributed by atoms with Gasteiger partial charge in [-0.25, -0.2) is 9.67 Å². The van der Waals surface area contributed by atoms with Crippen molar-refractivity contribution in [1.82, 2.24) is 30.2 Å². The van der Waals surface area contributed by atoms with Gasteiger partial charge in [0.2, 0.25) is 0 Å². The van der Waals surface area contributed by atoms with Crippen molar-refractivity contribution in [2.75, 3.05) is 0 Å². The van der Waals surface area contributed by atoms with Gasteiger partial charge in [-0.2, -0.15) is 15.4 Å². The van der Waals surface area contributed by atoms with E-state index in [0.717, 1.165) is 0 Å². The highest BCUT2D eigenvalue weighted by Crippen LogP contribution is 2.26. The van der Waals surface area contributed by atoms with Crippen molar-refractivity contribution in [2.24, 2.45) is 0 Å². The summed E-state index contributed by atoms with van der Waals surface area (Å²) in [6, 6.07) is 0. The van der Waals surface area contributed by atoms with E-state index in [-0.39, 0.29) is 5.54 Å². The van der Waals surface area contributed by atoms with Crippen molar-refractivity contribution < 1.29 is 0 Å². The average molecular weight is 241 g/mol. The fourth-order valence-electron chi connectivity index (χ4n) is 1.40. The van der Waals surface area contributed by atoms with Crippen molar-refractivity contribution in [3.05, 3.63) is 11.0 Å².